The number of hydrogen-bond donors (Lipinski definition) is 21. The molecule has 0 aliphatic carbocycles. The van der Waals surface area contributed by atoms with Crippen molar-refractivity contribution in [3.05, 3.63) is 24.4 Å². The zero-order chi connectivity index (χ0) is 60.4. The molecule has 5 saturated heterocycles. The predicted molar refractivity (Wildman–Crippen MR) is 262 cm³/mol. The molecule has 0 bridgehead atoms. The lowest BCUT2D eigenvalue weighted by Crippen LogP contribution is -2.69. The molecule has 35 heteroatoms. The molecule has 0 unspecified atom stereocenters. The summed E-state index contributed by atoms with van der Waals surface area (Å²) < 4.78 is 58.6. The number of carbonyl (C=O) groups excluding carboxylic acids is 3. The molecule has 5 aliphatic heterocycles. The molecule has 5 aliphatic rings. The van der Waals surface area contributed by atoms with Crippen LogP contribution in [0.4, 0.5) is 5.82 Å². The summed E-state index contributed by atoms with van der Waals surface area (Å²) in [6.07, 6.45) is -49.5. The maximum atomic E-state index is 12.8. The van der Waals surface area contributed by atoms with Gasteiger partial charge in [-0.25, -0.2) is 4.98 Å². The highest BCUT2D eigenvalue weighted by Crippen LogP contribution is 2.36. The van der Waals surface area contributed by atoms with Crippen LogP contribution in [0.25, 0.3) is 0 Å². The minimum Gasteiger partial charge on any atom is -0.394 e. The van der Waals surface area contributed by atoms with Gasteiger partial charge in [0.15, 0.2) is 31.5 Å². The molecule has 470 valence electrons. The second-order valence-electron chi connectivity index (χ2n) is 20.2. The van der Waals surface area contributed by atoms with Crippen LogP contribution in [-0.4, -0.2) is 333 Å². The van der Waals surface area contributed by atoms with Gasteiger partial charge in [-0.2, -0.15) is 0 Å². The molecule has 0 aromatic carbocycles. The summed E-state index contributed by atoms with van der Waals surface area (Å²) in [5.41, 5.74) is 0. The number of amides is 3. The minimum absolute atomic E-state index is 0.256. The average Bonchev–Trinajstić information content (AvgIpc) is 3.65. The Morgan fingerprint density at radius 2 is 1.05 bits per heavy atom. The van der Waals surface area contributed by atoms with Gasteiger partial charge in [0.05, 0.1) is 45.7 Å². The second kappa shape index (κ2) is 30.6. The second-order valence-corrected chi connectivity index (χ2v) is 20.2. The first-order chi connectivity index (χ1) is 38.9. The highest BCUT2D eigenvalue weighted by molar-refractivity contribution is 5.74. The zero-order valence-electron chi connectivity index (χ0n) is 44.4. The third kappa shape index (κ3) is 16.0. The van der Waals surface area contributed by atoms with Crippen molar-refractivity contribution in [2.45, 2.75) is 199 Å². The number of nitrogens with zero attached hydrogens (tertiary/aromatic N) is 1. The third-order valence-electron chi connectivity index (χ3n) is 14.3. The molecule has 0 spiro atoms. The monoisotopic (exact) mass is 1190 g/mol. The summed E-state index contributed by atoms with van der Waals surface area (Å²) in [4.78, 5) is 41.4. The first-order valence-corrected chi connectivity index (χ1v) is 26.1. The lowest BCUT2D eigenvalue weighted by molar-refractivity contribution is -0.386. The van der Waals surface area contributed by atoms with Crippen LogP contribution in [0.1, 0.15) is 20.8 Å². The van der Waals surface area contributed by atoms with Crippen LogP contribution >= 0.6 is 0 Å². The smallest absolute Gasteiger partial charge is 0.217 e. The van der Waals surface area contributed by atoms with E-state index >= 15 is 0 Å². The lowest BCUT2D eigenvalue weighted by Gasteiger charge is -2.50. The van der Waals surface area contributed by atoms with Crippen LogP contribution in [0.5, 0.6) is 0 Å². The van der Waals surface area contributed by atoms with E-state index in [1.54, 1.807) is 18.2 Å². The maximum absolute atomic E-state index is 12.8. The number of ether oxygens (including phenoxy) is 10. The van der Waals surface area contributed by atoms with Crippen LogP contribution in [0, 0.1) is 0 Å². The number of aliphatic hydroxyl groups is 17. The van der Waals surface area contributed by atoms with E-state index in [1.165, 1.54) is 6.20 Å². The Morgan fingerprint density at radius 3 is 1.61 bits per heavy atom. The number of aliphatic hydroxyl groups excluding tert-OH is 17. The number of anilines is 1. The SMILES string of the molecule is CC(=O)N[C@H]1[C@H](O[C@@H]([C@H](O)[C@H](CNc2ccccn2)NC(C)=O)[C@H](O)CO)O[C@H](CO)[C@@H](O[C@@H]2O[C@H](CO[C@H]3O[C@H](CO)[C@@H](O)[C@H](O)[C@@H]3O[C@@H]3O[C@H](CO)[C@@H](O)[C@H](O)[C@H]3NC(C)=O)[C@@H](O)[C@H](O[C@H]3O[C@H](CO)[C@@H](O)[C@H](O)[C@@H]3O)[C@@H]2O)[C@@H]1O. The highest BCUT2D eigenvalue weighted by atomic mass is 16.8. The van der Waals surface area contributed by atoms with E-state index in [1.807, 2.05) is 0 Å². The fourth-order valence-corrected chi connectivity index (χ4v) is 9.90. The molecule has 0 saturated carbocycles. The number of nitrogens with one attached hydrogen (secondary N) is 4. The van der Waals surface area contributed by atoms with E-state index in [0.29, 0.717) is 5.82 Å². The summed E-state index contributed by atoms with van der Waals surface area (Å²) >= 11 is 0. The van der Waals surface area contributed by atoms with Gasteiger partial charge in [0.25, 0.3) is 0 Å². The first kappa shape index (κ1) is 67.4. The van der Waals surface area contributed by atoms with E-state index in [0.717, 1.165) is 20.8 Å². The van der Waals surface area contributed by atoms with Crippen molar-refractivity contribution in [3.63, 3.8) is 0 Å². The number of carbonyl (C=O) groups is 3. The molecule has 6 rings (SSSR count). The number of hydrogen-bond acceptors (Lipinski definition) is 32. The van der Waals surface area contributed by atoms with Crippen molar-refractivity contribution >= 4 is 23.5 Å². The largest absolute Gasteiger partial charge is 0.394 e. The van der Waals surface area contributed by atoms with Crippen molar-refractivity contribution < 1.29 is 149 Å². The number of aromatic nitrogens is 1. The van der Waals surface area contributed by atoms with Gasteiger partial charge >= 0.3 is 0 Å². The Hall–Kier alpha value is -3.72. The van der Waals surface area contributed by atoms with Crippen LogP contribution in [-0.2, 0) is 61.8 Å². The van der Waals surface area contributed by atoms with Crippen LogP contribution in [0.2, 0.25) is 0 Å². The van der Waals surface area contributed by atoms with Crippen molar-refractivity contribution in [1.29, 1.82) is 0 Å². The Balaban J connectivity index is 1.30. The molecule has 0 radical (unpaired) electrons. The normalized spacial score (nSPS) is 41.3. The molecular weight excluding hydrogens is 1110 g/mol. The standard InChI is InChI=1S/C47H77N5O30/c1-15(58)50-18(8-49-25-6-4-5-7-48-25)28(62)39(19(61)9-53)79-44-27(52-17(3)60)34(68)40(23(13-57)77-44)80-46-38(72)41(81-45-37(71)35(69)30(64)21(11-55)75-45)32(66)24(78-46)14-73-47-42(36(70)31(65)22(12-56)76-47)82-43-26(51-16(2)59)33(67)29(63)20(10-54)74-43/h4-7,18-24,26-47,53-57,61-72H,8-14H2,1-3H3,(H,48,49)(H,50,58)(H,51,59)(H,52,60)/t18-,19+,20+,21+,22+,23+,24+,26+,27+,28+,29+,30+,31+,32+,33+,34+,35-,36-,37-,38-,39+,40+,41-,42-,43-,44-,45+,46-,47-/m0/s1. The summed E-state index contributed by atoms with van der Waals surface area (Å²) in [5.74, 6) is -1.99. The predicted octanol–water partition coefficient (Wildman–Crippen LogP) is -12.5. The van der Waals surface area contributed by atoms with E-state index in [2.05, 4.69) is 26.3 Å². The van der Waals surface area contributed by atoms with E-state index in [9.17, 15) is 101 Å². The summed E-state index contributed by atoms with van der Waals surface area (Å²) in [5, 5.41) is 195. The average molecular weight is 1190 g/mol. The van der Waals surface area contributed by atoms with Crippen molar-refractivity contribution in [2.24, 2.45) is 0 Å². The molecule has 3 amide bonds. The Morgan fingerprint density at radius 1 is 0.537 bits per heavy atom. The van der Waals surface area contributed by atoms with Gasteiger partial charge in [-0.1, -0.05) is 6.07 Å². The first-order valence-electron chi connectivity index (χ1n) is 26.1. The molecule has 1 aromatic rings. The molecule has 6 heterocycles. The molecule has 35 nitrogen and oxygen atoms in total. The van der Waals surface area contributed by atoms with Crippen molar-refractivity contribution in [1.82, 2.24) is 20.9 Å². The Labute approximate surface area is 466 Å². The van der Waals surface area contributed by atoms with Crippen LogP contribution in [0.3, 0.4) is 0 Å². The maximum Gasteiger partial charge on any atom is 0.217 e. The van der Waals surface area contributed by atoms with E-state index < -0.39 is 235 Å². The highest BCUT2D eigenvalue weighted by Gasteiger charge is 2.57. The van der Waals surface area contributed by atoms with Crippen LogP contribution in [0.15, 0.2) is 24.4 Å². The van der Waals surface area contributed by atoms with E-state index in [-0.39, 0.29) is 6.54 Å². The van der Waals surface area contributed by atoms with Gasteiger partial charge < -0.3 is 155 Å². The fraction of sp³-hybridized carbons (Fsp3) is 0.830. The van der Waals surface area contributed by atoms with Gasteiger partial charge in [-0.3, -0.25) is 14.4 Å². The topological polar surface area (TPSA) is 548 Å². The molecule has 5 fully saturated rings. The fourth-order valence-electron chi connectivity index (χ4n) is 9.90. The molecule has 29 atom stereocenters. The van der Waals surface area contributed by atoms with Gasteiger partial charge in [-0.05, 0) is 12.1 Å². The third-order valence-corrected chi connectivity index (χ3v) is 14.3. The van der Waals surface area contributed by atoms with Crippen molar-refractivity contribution in [2.75, 3.05) is 51.5 Å². The minimum atomic E-state index is -2.31. The van der Waals surface area contributed by atoms with Gasteiger partial charge in [0.1, 0.15) is 146 Å². The van der Waals surface area contributed by atoms with Crippen LogP contribution < -0.4 is 21.3 Å². The van der Waals surface area contributed by atoms with Gasteiger partial charge in [-0.15, -0.1) is 0 Å². The van der Waals surface area contributed by atoms with Gasteiger partial charge in [0.2, 0.25) is 17.7 Å². The molecule has 82 heavy (non-hydrogen) atoms. The Bertz CT molecular complexity index is 2140. The molecule has 1 aromatic heterocycles. The zero-order valence-corrected chi connectivity index (χ0v) is 44.4. The van der Waals surface area contributed by atoms with Gasteiger partial charge in [0, 0.05) is 33.5 Å². The van der Waals surface area contributed by atoms with Crippen molar-refractivity contribution in [3.8, 4) is 0 Å². The Kier molecular flexibility index (Phi) is 25.1. The quantitative estimate of drug-likeness (QED) is 0.0432. The summed E-state index contributed by atoms with van der Waals surface area (Å²) in [6.45, 7) is -3.08. The van der Waals surface area contributed by atoms with E-state index in [4.69, 9.17) is 47.4 Å². The summed E-state index contributed by atoms with van der Waals surface area (Å²) in [6, 6.07) is 0.0820. The lowest BCUT2D eigenvalue weighted by atomic mass is 9.94. The number of pyridine rings is 1. The molecular formula is C47H77N5O30. The number of rotatable bonds is 25. The molecule has 21 N–H and O–H groups in total. The summed E-state index contributed by atoms with van der Waals surface area (Å²) in [7, 11) is 0.